The minimum atomic E-state index is -0.478. The number of hydrogen-bond acceptors (Lipinski definition) is 5. The van der Waals surface area contributed by atoms with E-state index in [1.54, 1.807) is 10.9 Å². The highest BCUT2D eigenvalue weighted by molar-refractivity contribution is 9.10. The summed E-state index contributed by atoms with van der Waals surface area (Å²) in [6, 6.07) is 5.43. The van der Waals surface area contributed by atoms with Crippen molar-refractivity contribution < 1.29 is 4.52 Å². The highest BCUT2D eigenvalue weighted by Crippen LogP contribution is 2.25. The summed E-state index contributed by atoms with van der Waals surface area (Å²) in [6.45, 7) is 2.02. The largest absolute Gasteiger partial charge is 0.337 e. The van der Waals surface area contributed by atoms with Crippen LogP contribution in [-0.4, -0.2) is 19.9 Å². The van der Waals surface area contributed by atoms with Gasteiger partial charge < -0.3 is 10.3 Å². The summed E-state index contributed by atoms with van der Waals surface area (Å²) < 4.78 is 7.96. The van der Waals surface area contributed by atoms with E-state index in [1.165, 1.54) is 0 Å². The van der Waals surface area contributed by atoms with Gasteiger partial charge in [0.25, 0.3) is 0 Å². The first-order valence-corrected chi connectivity index (χ1v) is 7.18. The molecule has 1 atom stereocenters. The van der Waals surface area contributed by atoms with Crippen LogP contribution < -0.4 is 5.73 Å². The molecule has 6 nitrogen and oxygen atoms in total. The average Bonchev–Trinajstić information content (AvgIpc) is 3.10. The molecule has 0 fully saturated rings. The van der Waals surface area contributed by atoms with Gasteiger partial charge in [-0.1, -0.05) is 33.2 Å². The molecule has 0 saturated carbocycles. The molecular formula is C14H14BrN5O. The van der Waals surface area contributed by atoms with Crippen LogP contribution in [0.5, 0.6) is 0 Å². The molecule has 1 unspecified atom stereocenters. The number of hydrogen-bond donors (Lipinski definition) is 1. The van der Waals surface area contributed by atoms with E-state index in [1.807, 2.05) is 38.4 Å². The third-order valence-electron chi connectivity index (χ3n) is 3.22. The van der Waals surface area contributed by atoms with E-state index in [-0.39, 0.29) is 0 Å². The van der Waals surface area contributed by atoms with E-state index in [0.29, 0.717) is 11.7 Å². The molecule has 0 amide bonds. The third-order valence-corrected chi connectivity index (χ3v) is 4.08. The first-order valence-electron chi connectivity index (χ1n) is 6.39. The fourth-order valence-corrected chi connectivity index (χ4v) is 2.33. The predicted octanol–water partition coefficient (Wildman–Crippen LogP) is 2.59. The Kier molecular flexibility index (Phi) is 3.60. The van der Waals surface area contributed by atoms with Gasteiger partial charge in [-0.3, -0.25) is 4.68 Å². The number of nitrogens with two attached hydrogens (primary N) is 1. The lowest BCUT2D eigenvalue weighted by Crippen LogP contribution is -2.11. The van der Waals surface area contributed by atoms with Gasteiger partial charge in [0, 0.05) is 28.8 Å². The van der Waals surface area contributed by atoms with Gasteiger partial charge in [0.2, 0.25) is 11.7 Å². The number of nitrogens with zero attached hydrogens (tertiary/aromatic N) is 4. The van der Waals surface area contributed by atoms with Crippen molar-refractivity contribution in [3.05, 3.63) is 52.1 Å². The third kappa shape index (κ3) is 2.74. The number of benzene rings is 1. The van der Waals surface area contributed by atoms with E-state index in [4.69, 9.17) is 10.3 Å². The highest BCUT2D eigenvalue weighted by Gasteiger charge is 2.19. The van der Waals surface area contributed by atoms with Gasteiger partial charge >= 0.3 is 0 Å². The zero-order valence-corrected chi connectivity index (χ0v) is 13.2. The van der Waals surface area contributed by atoms with Crippen molar-refractivity contribution in [2.75, 3.05) is 0 Å². The van der Waals surface area contributed by atoms with Gasteiger partial charge in [-0.2, -0.15) is 10.1 Å². The molecule has 2 heterocycles. The number of rotatable bonds is 3. The Morgan fingerprint density at radius 2 is 2.19 bits per heavy atom. The average molecular weight is 348 g/mol. The van der Waals surface area contributed by atoms with E-state index in [2.05, 4.69) is 31.2 Å². The molecule has 7 heteroatoms. The van der Waals surface area contributed by atoms with Crippen LogP contribution >= 0.6 is 15.9 Å². The van der Waals surface area contributed by atoms with Crippen LogP contribution in [0.3, 0.4) is 0 Å². The van der Waals surface area contributed by atoms with Gasteiger partial charge in [-0.15, -0.1) is 0 Å². The topological polar surface area (TPSA) is 82.8 Å². The van der Waals surface area contributed by atoms with Crippen LogP contribution in [0.2, 0.25) is 0 Å². The molecule has 2 N–H and O–H groups in total. The van der Waals surface area contributed by atoms with Gasteiger partial charge in [0.05, 0.1) is 6.20 Å². The molecule has 2 aromatic heterocycles. The maximum absolute atomic E-state index is 6.12. The molecule has 108 valence electrons. The molecule has 3 rings (SSSR count). The Labute approximate surface area is 130 Å². The molecule has 0 spiro atoms. The Bertz CT molecular complexity index is 779. The molecule has 0 radical (unpaired) electrons. The molecule has 0 saturated heterocycles. The maximum atomic E-state index is 6.12. The normalized spacial score (nSPS) is 12.6. The summed E-state index contributed by atoms with van der Waals surface area (Å²) >= 11 is 3.50. The van der Waals surface area contributed by atoms with Gasteiger partial charge in [0.15, 0.2) is 0 Å². The molecule has 1 aromatic carbocycles. The minimum absolute atomic E-state index is 0.370. The van der Waals surface area contributed by atoms with Crippen LogP contribution in [0.4, 0.5) is 0 Å². The highest BCUT2D eigenvalue weighted by atomic mass is 79.9. The first kappa shape index (κ1) is 14.0. The zero-order valence-electron chi connectivity index (χ0n) is 11.6. The van der Waals surface area contributed by atoms with Crippen LogP contribution in [0.25, 0.3) is 11.4 Å². The van der Waals surface area contributed by atoms with Gasteiger partial charge in [-0.25, -0.2) is 0 Å². The fraction of sp³-hybridized carbons (Fsp3) is 0.214. The second-order valence-electron chi connectivity index (χ2n) is 4.85. The summed E-state index contributed by atoms with van der Waals surface area (Å²) in [6.07, 6.45) is 3.52. The van der Waals surface area contributed by atoms with Crippen molar-refractivity contribution in [1.29, 1.82) is 0 Å². The maximum Gasteiger partial charge on any atom is 0.248 e. The van der Waals surface area contributed by atoms with Crippen LogP contribution in [-0.2, 0) is 7.05 Å². The SMILES string of the molecule is Cc1ccc(-c2noc(C(N)c3cnn(C)c3)n2)cc1Br. The summed E-state index contributed by atoms with van der Waals surface area (Å²) in [7, 11) is 1.83. The molecule has 0 aliphatic rings. The summed E-state index contributed by atoms with van der Waals surface area (Å²) in [5.74, 6) is 0.889. The van der Waals surface area contributed by atoms with Crippen molar-refractivity contribution in [2.24, 2.45) is 12.8 Å². The minimum Gasteiger partial charge on any atom is -0.337 e. The van der Waals surface area contributed by atoms with Crippen molar-refractivity contribution in [2.45, 2.75) is 13.0 Å². The van der Waals surface area contributed by atoms with Crippen molar-refractivity contribution in [3.63, 3.8) is 0 Å². The molecule has 0 aliphatic heterocycles. The standard InChI is InChI=1S/C14H14BrN5O/c1-8-3-4-9(5-11(8)15)13-18-14(21-19-13)12(16)10-6-17-20(2)7-10/h3-7,12H,16H2,1-2H3. The van der Waals surface area contributed by atoms with Crippen molar-refractivity contribution in [3.8, 4) is 11.4 Å². The molecule has 21 heavy (non-hydrogen) atoms. The zero-order chi connectivity index (χ0) is 15.0. The summed E-state index contributed by atoms with van der Waals surface area (Å²) in [4.78, 5) is 4.38. The van der Waals surface area contributed by atoms with Gasteiger partial charge in [0.1, 0.15) is 6.04 Å². The molecule has 0 bridgehead atoms. The predicted molar refractivity (Wildman–Crippen MR) is 81.4 cm³/mol. The first-order chi connectivity index (χ1) is 10.0. The lowest BCUT2D eigenvalue weighted by molar-refractivity contribution is 0.367. The second kappa shape index (κ2) is 5.42. The Balaban J connectivity index is 1.90. The number of aromatic nitrogens is 4. The van der Waals surface area contributed by atoms with E-state index in [0.717, 1.165) is 21.2 Å². The van der Waals surface area contributed by atoms with Crippen LogP contribution in [0.1, 0.15) is 23.1 Å². The Morgan fingerprint density at radius 1 is 1.38 bits per heavy atom. The van der Waals surface area contributed by atoms with E-state index >= 15 is 0 Å². The van der Waals surface area contributed by atoms with E-state index in [9.17, 15) is 0 Å². The van der Waals surface area contributed by atoms with Crippen molar-refractivity contribution in [1.82, 2.24) is 19.9 Å². The summed E-state index contributed by atoms with van der Waals surface area (Å²) in [5.41, 5.74) is 8.97. The Morgan fingerprint density at radius 3 is 2.86 bits per heavy atom. The fourth-order valence-electron chi connectivity index (χ4n) is 1.95. The monoisotopic (exact) mass is 347 g/mol. The van der Waals surface area contributed by atoms with Crippen LogP contribution in [0.15, 0.2) is 39.6 Å². The van der Waals surface area contributed by atoms with Crippen LogP contribution in [0, 0.1) is 6.92 Å². The van der Waals surface area contributed by atoms with Crippen molar-refractivity contribution >= 4 is 15.9 Å². The lowest BCUT2D eigenvalue weighted by Gasteiger charge is -2.02. The second-order valence-corrected chi connectivity index (χ2v) is 5.70. The lowest BCUT2D eigenvalue weighted by atomic mass is 10.1. The smallest absolute Gasteiger partial charge is 0.248 e. The Hall–Kier alpha value is -1.99. The molecular weight excluding hydrogens is 334 g/mol. The quantitative estimate of drug-likeness (QED) is 0.787. The molecule has 3 aromatic rings. The summed E-state index contributed by atoms with van der Waals surface area (Å²) in [5, 5.41) is 8.09. The van der Waals surface area contributed by atoms with E-state index < -0.39 is 6.04 Å². The van der Waals surface area contributed by atoms with Gasteiger partial charge in [-0.05, 0) is 18.6 Å². The number of aryl methyl sites for hydroxylation is 2. The number of halogens is 1. The molecule has 0 aliphatic carbocycles.